The van der Waals surface area contributed by atoms with E-state index in [4.69, 9.17) is 0 Å². The van der Waals surface area contributed by atoms with Crippen LogP contribution in [0.3, 0.4) is 0 Å². The van der Waals surface area contributed by atoms with Crippen LogP contribution in [0.25, 0.3) is 0 Å². The summed E-state index contributed by atoms with van der Waals surface area (Å²) in [7, 11) is 0. The average Bonchev–Trinajstić information content (AvgIpc) is 2.50. The van der Waals surface area contributed by atoms with Crippen molar-refractivity contribution in [2.45, 2.75) is 110 Å². The van der Waals surface area contributed by atoms with Gasteiger partial charge >= 0.3 is 29.6 Å². The first-order valence-electron chi connectivity index (χ1n) is 9.22. The molecule has 0 aliphatic carbocycles. The summed E-state index contributed by atoms with van der Waals surface area (Å²) in [6, 6.07) is 0. The molecule has 0 aromatic heterocycles. The second kappa shape index (κ2) is 21.4. The van der Waals surface area contributed by atoms with Crippen molar-refractivity contribution in [1.29, 1.82) is 0 Å². The van der Waals surface area contributed by atoms with Gasteiger partial charge in [0.15, 0.2) is 0 Å². The number of carbonyl (C=O) groups is 1. The van der Waals surface area contributed by atoms with E-state index in [-0.39, 0.29) is 35.5 Å². The normalized spacial score (nSPS) is 10.3. The maximum atomic E-state index is 10.7. The second-order valence-electron chi connectivity index (χ2n) is 6.22. The monoisotopic (exact) mass is 321 g/mol. The zero-order valence-corrected chi connectivity index (χ0v) is 17.1. The minimum Gasteiger partial charge on any atom is -0.759 e. The van der Waals surface area contributed by atoms with E-state index in [1.807, 2.05) is 0 Å². The molecule has 1 N–H and O–H groups in total. The smallest absolute Gasteiger partial charge is 0.759 e. The molecule has 0 fully saturated rings. The Morgan fingerprint density at radius 1 is 0.682 bits per heavy atom. The maximum absolute atomic E-state index is 10.7. The number of hydrogen-bond donors (Lipinski definition) is 1. The van der Waals surface area contributed by atoms with Crippen LogP contribution in [0.4, 0.5) is 0 Å². The Bertz CT molecular complexity index is 225. The Morgan fingerprint density at radius 3 is 1.32 bits per heavy atom. The Hall–Kier alpha value is 0.430. The number of amides is 1. The van der Waals surface area contributed by atoms with Gasteiger partial charge in [-0.3, -0.25) is 4.79 Å². The third kappa shape index (κ3) is 20.4. The van der Waals surface area contributed by atoms with Gasteiger partial charge in [0.25, 0.3) is 0 Å². The molecule has 0 saturated heterocycles. The predicted molar refractivity (Wildman–Crippen MR) is 91.1 cm³/mol. The molecule has 0 saturated carbocycles. The summed E-state index contributed by atoms with van der Waals surface area (Å²) in [6.45, 7) is 2.27. The Morgan fingerprint density at radius 2 is 1.00 bits per heavy atom. The molecule has 22 heavy (non-hydrogen) atoms. The van der Waals surface area contributed by atoms with Crippen LogP contribution in [0.2, 0.25) is 0 Å². The zero-order chi connectivity index (χ0) is 15.6. The molecule has 0 rings (SSSR count). The van der Waals surface area contributed by atoms with Gasteiger partial charge in [0.2, 0.25) is 5.91 Å². The summed E-state index contributed by atoms with van der Waals surface area (Å²) in [5.41, 5.74) is 1.43. The first-order valence-corrected chi connectivity index (χ1v) is 9.22. The fourth-order valence-electron chi connectivity index (χ4n) is 2.71. The fourth-order valence-corrected chi connectivity index (χ4v) is 2.71. The van der Waals surface area contributed by atoms with Crippen molar-refractivity contribution < 1.29 is 34.4 Å². The molecule has 0 atom stereocenters. The van der Waals surface area contributed by atoms with Gasteiger partial charge in [-0.1, -0.05) is 96.8 Å². The fraction of sp³-hybridized carbons (Fsp3) is 0.944. The number of nitrogens with one attached hydrogen (secondary N) is 1. The van der Waals surface area contributed by atoms with E-state index in [9.17, 15) is 10.0 Å². The van der Waals surface area contributed by atoms with Gasteiger partial charge < -0.3 is 10.7 Å². The Kier molecular flexibility index (Phi) is 24.0. The number of rotatable bonds is 16. The molecular weight excluding hydrogens is 285 g/mol. The summed E-state index contributed by atoms with van der Waals surface area (Å²) in [5, 5.41) is 10.0. The van der Waals surface area contributed by atoms with Gasteiger partial charge in [0, 0.05) is 6.42 Å². The van der Waals surface area contributed by atoms with Crippen molar-refractivity contribution in [3.8, 4) is 0 Å². The van der Waals surface area contributed by atoms with Gasteiger partial charge in [-0.15, -0.1) is 0 Å². The summed E-state index contributed by atoms with van der Waals surface area (Å²) in [5.74, 6) is -0.371. The summed E-state index contributed by atoms with van der Waals surface area (Å²) < 4.78 is 0. The van der Waals surface area contributed by atoms with E-state index in [1.165, 1.54) is 89.0 Å². The van der Waals surface area contributed by atoms with Crippen molar-refractivity contribution in [2.24, 2.45) is 0 Å². The van der Waals surface area contributed by atoms with Crippen LogP contribution in [-0.2, 0) is 4.79 Å². The van der Waals surface area contributed by atoms with E-state index >= 15 is 0 Å². The molecule has 0 bridgehead atoms. The SMILES string of the molecule is CCCCCCCCCCCCCCCCCC(=O)N[O-].[Na+]. The van der Waals surface area contributed by atoms with Gasteiger partial charge in [0.1, 0.15) is 0 Å². The van der Waals surface area contributed by atoms with Gasteiger partial charge in [0.05, 0.1) is 0 Å². The minimum absolute atomic E-state index is 0. The topological polar surface area (TPSA) is 52.2 Å². The van der Waals surface area contributed by atoms with E-state index in [0.29, 0.717) is 6.42 Å². The molecule has 3 nitrogen and oxygen atoms in total. The number of hydroxylamine groups is 1. The van der Waals surface area contributed by atoms with E-state index in [2.05, 4.69) is 6.92 Å². The molecule has 0 unspecified atom stereocenters. The second-order valence-corrected chi connectivity index (χ2v) is 6.22. The first kappa shape index (κ1) is 24.7. The summed E-state index contributed by atoms with van der Waals surface area (Å²) >= 11 is 0. The molecule has 0 spiro atoms. The standard InChI is InChI=1S/C18H36NO2.Na/c1-2-3-4-5-6-7-8-9-10-11-12-13-14-15-16-17-18(20)19-21;/h2-17H2,1H3,(H-,19,20,21);/q-1;+1. The van der Waals surface area contributed by atoms with Gasteiger partial charge in [-0.05, 0) is 6.42 Å². The molecule has 0 aromatic carbocycles. The van der Waals surface area contributed by atoms with Gasteiger partial charge in [-0.25, -0.2) is 0 Å². The van der Waals surface area contributed by atoms with E-state index in [1.54, 1.807) is 0 Å². The zero-order valence-electron chi connectivity index (χ0n) is 15.1. The Balaban J connectivity index is 0. The van der Waals surface area contributed by atoms with Crippen LogP contribution in [0.5, 0.6) is 0 Å². The molecule has 4 heteroatoms. The number of hydrogen-bond acceptors (Lipinski definition) is 2. The van der Waals surface area contributed by atoms with Gasteiger partial charge in [-0.2, -0.15) is 0 Å². The Labute approximate surface area is 160 Å². The molecular formula is C18H36NNaO2. The third-order valence-corrected chi connectivity index (χ3v) is 4.12. The summed E-state index contributed by atoms with van der Waals surface area (Å²) in [4.78, 5) is 10.7. The van der Waals surface area contributed by atoms with E-state index < -0.39 is 0 Å². The predicted octanol–water partition coefficient (Wildman–Crippen LogP) is 2.87. The maximum Gasteiger partial charge on any atom is 1.00 e. The molecule has 0 aliphatic rings. The molecule has 0 radical (unpaired) electrons. The van der Waals surface area contributed by atoms with E-state index in [0.717, 1.165) is 12.8 Å². The van der Waals surface area contributed by atoms with Crippen LogP contribution in [-0.4, -0.2) is 5.91 Å². The van der Waals surface area contributed by atoms with Crippen molar-refractivity contribution >= 4 is 5.91 Å². The van der Waals surface area contributed by atoms with Crippen molar-refractivity contribution in [2.75, 3.05) is 0 Å². The summed E-state index contributed by atoms with van der Waals surface area (Å²) in [6.07, 6.45) is 20.1. The quantitative estimate of drug-likeness (QED) is 0.270. The number of unbranched alkanes of at least 4 members (excludes halogenated alkanes) is 14. The molecule has 0 aromatic rings. The number of carbonyl (C=O) groups excluding carboxylic acids is 1. The molecule has 0 heterocycles. The average molecular weight is 321 g/mol. The van der Waals surface area contributed by atoms with Crippen LogP contribution in [0.15, 0.2) is 0 Å². The van der Waals surface area contributed by atoms with Crippen LogP contribution in [0, 0.1) is 5.21 Å². The van der Waals surface area contributed by atoms with Crippen LogP contribution >= 0.6 is 0 Å². The molecule has 126 valence electrons. The van der Waals surface area contributed by atoms with Crippen molar-refractivity contribution in [3.63, 3.8) is 0 Å². The van der Waals surface area contributed by atoms with Crippen molar-refractivity contribution in [1.82, 2.24) is 5.48 Å². The molecule has 1 amide bonds. The van der Waals surface area contributed by atoms with Crippen LogP contribution in [0.1, 0.15) is 110 Å². The largest absolute Gasteiger partial charge is 1.00 e. The minimum atomic E-state index is -0.371. The third-order valence-electron chi connectivity index (χ3n) is 4.12. The first-order chi connectivity index (χ1) is 10.3. The van der Waals surface area contributed by atoms with Crippen LogP contribution < -0.4 is 35.0 Å². The van der Waals surface area contributed by atoms with Crippen molar-refractivity contribution in [3.05, 3.63) is 5.21 Å². The molecule has 0 aliphatic heterocycles.